The Hall–Kier alpha value is -3.75. The van der Waals surface area contributed by atoms with Gasteiger partial charge in [-0.2, -0.15) is 0 Å². The van der Waals surface area contributed by atoms with Gasteiger partial charge in [0.15, 0.2) is 0 Å². The normalized spacial score (nSPS) is 18.2. The first-order valence-electron chi connectivity index (χ1n) is 14.2. The third-order valence-corrected chi connectivity index (χ3v) is 7.31. The number of amides is 3. The average molecular weight is 552 g/mol. The number of carbonyl (C=O) groups is 3. The number of hydrogen-bond donors (Lipinski definition) is 1. The zero-order chi connectivity index (χ0) is 28.9. The van der Waals surface area contributed by atoms with Gasteiger partial charge in [-0.05, 0) is 75.8 Å². The second kappa shape index (κ2) is 12.6. The number of benzene rings is 2. The summed E-state index contributed by atoms with van der Waals surface area (Å²) < 4.78 is 11.2. The molecule has 2 atom stereocenters. The van der Waals surface area contributed by atoms with Crippen molar-refractivity contribution in [3.05, 3.63) is 54.1 Å². The molecule has 2 heterocycles. The molecule has 2 aromatic carbocycles. The largest absolute Gasteiger partial charge is 0.508 e. The van der Waals surface area contributed by atoms with Crippen molar-refractivity contribution >= 4 is 29.5 Å². The molecule has 2 aliphatic heterocycles. The van der Waals surface area contributed by atoms with Gasteiger partial charge < -0.3 is 19.5 Å². The molecule has 4 rings (SSSR count). The summed E-state index contributed by atoms with van der Waals surface area (Å²) in [5.41, 5.74) is 1.68. The van der Waals surface area contributed by atoms with E-state index in [1.165, 1.54) is 0 Å². The highest BCUT2D eigenvalue weighted by molar-refractivity contribution is 6.06. The highest BCUT2D eigenvalue weighted by Gasteiger charge is 2.39. The number of likely N-dealkylation sites (tertiary alicyclic amines) is 1. The van der Waals surface area contributed by atoms with Gasteiger partial charge in [0.25, 0.3) is 0 Å². The molecule has 0 spiro atoms. The molecule has 0 aliphatic carbocycles. The van der Waals surface area contributed by atoms with Gasteiger partial charge >= 0.3 is 18.1 Å². The minimum absolute atomic E-state index is 0.0631. The maximum atomic E-state index is 13.4. The first-order valence-corrected chi connectivity index (χ1v) is 14.2. The Balaban J connectivity index is 1.49. The second-order valence-corrected chi connectivity index (χ2v) is 11.6. The smallest absolute Gasteiger partial charge is 0.409 e. The molecule has 9 nitrogen and oxygen atoms in total. The molecule has 0 aromatic heterocycles. The van der Waals surface area contributed by atoms with E-state index in [-0.39, 0.29) is 29.8 Å². The van der Waals surface area contributed by atoms with Gasteiger partial charge in [0.05, 0.1) is 12.5 Å². The molecule has 2 fully saturated rings. The number of aromatic hydroxyl groups is 1. The molecule has 40 heavy (non-hydrogen) atoms. The summed E-state index contributed by atoms with van der Waals surface area (Å²) >= 11 is 0. The molecular weight excluding hydrogens is 510 g/mol. The van der Waals surface area contributed by atoms with Crippen LogP contribution in [-0.2, 0) is 20.7 Å². The number of nitrogens with zero attached hydrogens (tertiary/aromatic N) is 3. The van der Waals surface area contributed by atoms with E-state index in [4.69, 9.17) is 9.47 Å². The standard InChI is InChI=1S/C31H41N3O6/c1-5-6-17-39-30(38)32-14-13-23(21-32)27(28(36)40-31(2,3)4)19-22-9-7-10-24(18-22)33-15-16-34(29(33)37)25-11-8-12-26(35)20-25/h7-12,18,20,23,27,35H,5-6,13-17,19,21H2,1-4H3/t23-,27-/m0/s1. The number of anilines is 2. The molecule has 9 heteroatoms. The van der Waals surface area contributed by atoms with E-state index in [0.717, 1.165) is 24.1 Å². The minimum Gasteiger partial charge on any atom is -0.508 e. The molecule has 2 aliphatic rings. The van der Waals surface area contributed by atoms with Crippen LogP contribution in [0.3, 0.4) is 0 Å². The fourth-order valence-corrected chi connectivity index (χ4v) is 5.28. The number of carbonyl (C=O) groups excluding carboxylic acids is 3. The lowest BCUT2D eigenvalue weighted by Gasteiger charge is -2.28. The molecular formula is C31H41N3O6. The van der Waals surface area contributed by atoms with Crippen LogP contribution in [0, 0.1) is 11.8 Å². The summed E-state index contributed by atoms with van der Waals surface area (Å²) in [7, 11) is 0. The van der Waals surface area contributed by atoms with Crippen molar-refractivity contribution in [2.45, 2.75) is 59.0 Å². The molecule has 0 bridgehead atoms. The zero-order valence-corrected chi connectivity index (χ0v) is 24.0. The van der Waals surface area contributed by atoms with Gasteiger partial charge in [-0.3, -0.25) is 14.6 Å². The Morgan fingerprint density at radius 3 is 2.35 bits per heavy atom. The van der Waals surface area contributed by atoms with Crippen molar-refractivity contribution in [1.82, 2.24) is 4.90 Å². The zero-order valence-electron chi connectivity index (χ0n) is 24.0. The number of unbranched alkanes of at least 4 members (excludes halogenated alkanes) is 1. The van der Waals surface area contributed by atoms with Gasteiger partial charge in [0.1, 0.15) is 11.4 Å². The Labute approximate surface area is 236 Å². The third-order valence-electron chi connectivity index (χ3n) is 7.31. The van der Waals surface area contributed by atoms with Gasteiger partial charge in [0, 0.05) is 43.6 Å². The lowest BCUT2D eigenvalue weighted by Crippen LogP contribution is -2.36. The summed E-state index contributed by atoms with van der Waals surface area (Å²) in [6, 6.07) is 14.2. The van der Waals surface area contributed by atoms with E-state index in [1.807, 2.05) is 52.0 Å². The van der Waals surface area contributed by atoms with Crippen molar-refractivity contribution in [3.8, 4) is 5.75 Å². The first kappa shape index (κ1) is 29.2. The van der Waals surface area contributed by atoms with Gasteiger partial charge in [-0.15, -0.1) is 0 Å². The van der Waals surface area contributed by atoms with Crippen LogP contribution in [-0.4, -0.2) is 66.5 Å². The summed E-state index contributed by atoms with van der Waals surface area (Å²) in [4.78, 5) is 44.3. The van der Waals surface area contributed by atoms with E-state index >= 15 is 0 Å². The quantitative estimate of drug-likeness (QED) is 0.322. The molecule has 0 unspecified atom stereocenters. The van der Waals surface area contributed by atoms with Crippen LogP contribution in [0.5, 0.6) is 5.75 Å². The Kier molecular flexibility index (Phi) is 9.22. The SMILES string of the molecule is CCCCOC(=O)N1CC[C@H]([C@H](Cc2cccc(N3CCN(c4cccc(O)c4)C3=O)c2)C(=O)OC(C)(C)C)C1. The second-order valence-electron chi connectivity index (χ2n) is 11.6. The van der Waals surface area contributed by atoms with Crippen LogP contribution >= 0.6 is 0 Å². The third kappa shape index (κ3) is 7.25. The van der Waals surface area contributed by atoms with E-state index in [1.54, 1.807) is 39.0 Å². The van der Waals surface area contributed by atoms with Crippen LogP contribution in [0.15, 0.2) is 48.5 Å². The molecule has 216 valence electrons. The van der Waals surface area contributed by atoms with Gasteiger partial charge in [0.2, 0.25) is 0 Å². The van der Waals surface area contributed by atoms with E-state index in [9.17, 15) is 19.5 Å². The Morgan fingerprint density at radius 2 is 1.70 bits per heavy atom. The van der Waals surface area contributed by atoms with Crippen LogP contribution in [0.2, 0.25) is 0 Å². The average Bonchev–Trinajstić information content (AvgIpc) is 3.54. The fourth-order valence-electron chi connectivity index (χ4n) is 5.28. The number of rotatable bonds is 9. The van der Waals surface area contributed by atoms with Crippen LogP contribution < -0.4 is 9.80 Å². The summed E-state index contributed by atoms with van der Waals surface area (Å²) in [5, 5.41) is 9.85. The lowest BCUT2D eigenvalue weighted by molar-refractivity contribution is -0.161. The fraction of sp³-hybridized carbons (Fsp3) is 0.516. The number of urea groups is 1. The van der Waals surface area contributed by atoms with Crippen LogP contribution in [0.25, 0.3) is 0 Å². The number of hydrogen-bond acceptors (Lipinski definition) is 6. The predicted octanol–water partition coefficient (Wildman–Crippen LogP) is 5.60. The van der Waals surface area contributed by atoms with Crippen LogP contribution in [0.4, 0.5) is 21.0 Å². The van der Waals surface area contributed by atoms with Crippen molar-refractivity contribution in [2.24, 2.45) is 11.8 Å². The molecule has 2 aromatic rings. The number of phenolic OH excluding ortho intramolecular Hbond substituents is 1. The molecule has 2 saturated heterocycles. The minimum atomic E-state index is -0.633. The Bertz CT molecular complexity index is 1210. The Morgan fingerprint density at radius 1 is 1.02 bits per heavy atom. The van der Waals surface area contributed by atoms with Gasteiger partial charge in [-0.1, -0.05) is 31.5 Å². The maximum absolute atomic E-state index is 13.4. The highest BCUT2D eigenvalue weighted by Crippen LogP contribution is 2.32. The monoisotopic (exact) mass is 551 g/mol. The highest BCUT2D eigenvalue weighted by atomic mass is 16.6. The van der Waals surface area contributed by atoms with Crippen molar-refractivity contribution in [1.29, 1.82) is 0 Å². The summed E-state index contributed by atoms with van der Waals surface area (Å²) in [6.07, 6.45) is 2.57. The van der Waals surface area contributed by atoms with Crippen LogP contribution in [0.1, 0.15) is 52.5 Å². The lowest BCUT2D eigenvalue weighted by atomic mass is 9.86. The van der Waals surface area contributed by atoms with E-state index in [0.29, 0.717) is 51.3 Å². The van der Waals surface area contributed by atoms with Crippen molar-refractivity contribution in [2.75, 3.05) is 42.6 Å². The van der Waals surface area contributed by atoms with Crippen molar-refractivity contribution < 1.29 is 29.0 Å². The number of ether oxygens (including phenoxy) is 2. The number of phenols is 1. The molecule has 3 amide bonds. The predicted molar refractivity (Wildman–Crippen MR) is 154 cm³/mol. The maximum Gasteiger partial charge on any atom is 0.409 e. The number of esters is 1. The molecule has 1 N–H and O–H groups in total. The van der Waals surface area contributed by atoms with E-state index in [2.05, 4.69) is 0 Å². The van der Waals surface area contributed by atoms with E-state index < -0.39 is 11.5 Å². The molecule has 0 radical (unpaired) electrons. The topological polar surface area (TPSA) is 99.6 Å². The van der Waals surface area contributed by atoms with Crippen molar-refractivity contribution in [3.63, 3.8) is 0 Å². The summed E-state index contributed by atoms with van der Waals surface area (Å²) in [5.74, 6) is -0.678. The molecule has 0 saturated carbocycles. The van der Waals surface area contributed by atoms with Gasteiger partial charge in [-0.25, -0.2) is 9.59 Å². The summed E-state index contributed by atoms with van der Waals surface area (Å²) in [6.45, 7) is 10.00. The first-order chi connectivity index (χ1) is 19.1.